The molecular weight excluding hydrogens is 280 g/mol. The van der Waals surface area contributed by atoms with Crippen LogP contribution in [0.5, 0.6) is 5.75 Å². The highest BCUT2D eigenvalue weighted by Gasteiger charge is 2.31. The number of furan rings is 1. The molecule has 0 spiro atoms. The summed E-state index contributed by atoms with van der Waals surface area (Å²) in [5.74, 6) is 1.30. The second kappa shape index (κ2) is 5.69. The number of aromatic nitrogens is 2. The number of nitrogens with zero attached hydrogens (tertiary/aromatic N) is 2. The van der Waals surface area contributed by atoms with E-state index in [4.69, 9.17) is 9.15 Å². The molecule has 0 aliphatic carbocycles. The zero-order valence-electron chi connectivity index (χ0n) is 12.6. The molecule has 3 rings (SSSR count). The van der Waals surface area contributed by atoms with Gasteiger partial charge in [-0.05, 0) is 36.8 Å². The van der Waals surface area contributed by atoms with Gasteiger partial charge in [-0.2, -0.15) is 0 Å². The molecule has 1 N–H and O–H groups in total. The molecule has 1 unspecified atom stereocenters. The fourth-order valence-corrected chi connectivity index (χ4v) is 2.32. The average Bonchev–Trinajstić information content (AvgIpc) is 3.20. The summed E-state index contributed by atoms with van der Waals surface area (Å²) in [4.78, 5) is 4.30. The van der Waals surface area contributed by atoms with E-state index in [0.29, 0.717) is 18.0 Å². The molecule has 0 saturated heterocycles. The topological polar surface area (TPSA) is 60.4 Å². The molecule has 2 aromatic heterocycles. The summed E-state index contributed by atoms with van der Waals surface area (Å²) in [6.45, 7) is 2.34. The molecule has 0 amide bonds. The van der Waals surface area contributed by atoms with Crippen LogP contribution in [0.4, 0.5) is 0 Å². The molecule has 3 aromatic rings. The number of rotatable bonds is 5. The Morgan fingerprint density at radius 1 is 1.27 bits per heavy atom. The quantitative estimate of drug-likeness (QED) is 0.787. The number of ether oxygens (including phenoxy) is 1. The first kappa shape index (κ1) is 14.4. The molecular formula is C17H18N2O3. The highest BCUT2D eigenvalue weighted by molar-refractivity contribution is 5.28. The van der Waals surface area contributed by atoms with Crippen molar-refractivity contribution in [2.24, 2.45) is 0 Å². The first-order valence-corrected chi connectivity index (χ1v) is 7.01. The van der Waals surface area contributed by atoms with E-state index < -0.39 is 5.60 Å². The van der Waals surface area contributed by atoms with E-state index >= 15 is 0 Å². The summed E-state index contributed by atoms with van der Waals surface area (Å²) in [6.07, 6.45) is 5.07. The summed E-state index contributed by atoms with van der Waals surface area (Å²) in [5.41, 5.74) is 0.438. The highest BCUT2D eigenvalue weighted by Crippen LogP contribution is 2.28. The summed E-state index contributed by atoms with van der Waals surface area (Å²) in [6, 6.07) is 11.3. The van der Waals surface area contributed by atoms with E-state index in [1.165, 1.54) is 6.26 Å². The van der Waals surface area contributed by atoms with Crippen LogP contribution in [0.3, 0.4) is 0 Å². The first-order chi connectivity index (χ1) is 10.6. The third-order valence-electron chi connectivity index (χ3n) is 3.66. The van der Waals surface area contributed by atoms with E-state index in [-0.39, 0.29) is 0 Å². The molecule has 2 heterocycles. The molecule has 5 nitrogen and oxygen atoms in total. The van der Waals surface area contributed by atoms with Crippen molar-refractivity contribution in [3.8, 4) is 5.75 Å². The second-order valence-electron chi connectivity index (χ2n) is 5.33. The van der Waals surface area contributed by atoms with Gasteiger partial charge in [0.2, 0.25) is 0 Å². The van der Waals surface area contributed by atoms with Crippen molar-refractivity contribution in [3.63, 3.8) is 0 Å². The van der Waals surface area contributed by atoms with Crippen LogP contribution in [-0.2, 0) is 12.1 Å². The minimum Gasteiger partial charge on any atom is -0.497 e. The number of benzene rings is 1. The maximum atomic E-state index is 10.6. The van der Waals surface area contributed by atoms with E-state index in [2.05, 4.69) is 4.98 Å². The minimum absolute atomic E-state index is 0.474. The third kappa shape index (κ3) is 2.76. The van der Waals surface area contributed by atoms with Gasteiger partial charge in [-0.1, -0.05) is 12.1 Å². The minimum atomic E-state index is -1.24. The van der Waals surface area contributed by atoms with Crippen LogP contribution in [0.1, 0.15) is 23.9 Å². The summed E-state index contributed by atoms with van der Waals surface area (Å²) < 4.78 is 12.4. The Balaban J connectivity index is 1.78. The summed E-state index contributed by atoms with van der Waals surface area (Å²) >= 11 is 0. The largest absolute Gasteiger partial charge is 0.497 e. The Morgan fingerprint density at radius 3 is 2.68 bits per heavy atom. The van der Waals surface area contributed by atoms with Crippen LogP contribution in [0, 0.1) is 0 Å². The van der Waals surface area contributed by atoms with Gasteiger partial charge in [-0.25, -0.2) is 4.98 Å². The van der Waals surface area contributed by atoms with Crippen LogP contribution in [-0.4, -0.2) is 21.8 Å². The fourth-order valence-electron chi connectivity index (χ4n) is 2.32. The van der Waals surface area contributed by atoms with Crippen molar-refractivity contribution in [1.29, 1.82) is 0 Å². The van der Waals surface area contributed by atoms with E-state index in [9.17, 15) is 5.11 Å². The number of hydrogen-bond acceptors (Lipinski definition) is 4. The number of imidazole rings is 1. The predicted molar refractivity (Wildman–Crippen MR) is 81.7 cm³/mol. The van der Waals surface area contributed by atoms with Crippen molar-refractivity contribution in [2.75, 3.05) is 7.11 Å². The molecule has 1 aromatic carbocycles. The van der Waals surface area contributed by atoms with Gasteiger partial charge in [0.1, 0.15) is 11.5 Å². The molecule has 0 aliphatic heterocycles. The van der Waals surface area contributed by atoms with Gasteiger partial charge in [0.15, 0.2) is 5.60 Å². The van der Waals surface area contributed by atoms with Crippen LogP contribution < -0.4 is 4.74 Å². The molecule has 0 radical (unpaired) electrons. The molecule has 22 heavy (non-hydrogen) atoms. The Bertz CT molecular complexity index is 728. The van der Waals surface area contributed by atoms with Gasteiger partial charge < -0.3 is 18.8 Å². The predicted octanol–water partition coefficient (Wildman–Crippen LogP) is 2.79. The number of aliphatic hydroxyl groups is 1. The Labute approximate surface area is 128 Å². The number of methoxy groups -OCH3 is 1. The fraction of sp³-hybridized carbons (Fsp3) is 0.235. The normalized spacial score (nSPS) is 13.8. The van der Waals surface area contributed by atoms with Crippen LogP contribution in [0.2, 0.25) is 0 Å². The van der Waals surface area contributed by atoms with E-state index in [1.54, 1.807) is 32.5 Å². The monoisotopic (exact) mass is 298 g/mol. The van der Waals surface area contributed by atoms with Gasteiger partial charge in [-0.15, -0.1) is 0 Å². The lowest BCUT2D eigenvalue weighted by molar-refractivity contribution is 0.0726. The lowest BCUT2D eigenvalue weighted by Crippen LogP contribution is -2.22. The summed E-state index contributed by atoms with van der Waals surface area (Å²) in [5, 5.41) is 10.6. The molecule has 0 saturated carbocycles. The van der Waals surface area contributed by atoms with Gasteiger partial charge in [0.25, 0.3) is 0 Å². The van der Waals surface area contributed by atoms with Gasteiger partial charge >= 0.3 is 0 Å². The Morgan fingerprint density at radius 2 is 2.05 bits per heavy atom. The lowest BCUT2D eigenvalue weighted by atomic mass is 10.0. The zero-order valence-corrected chi connectivity index (χ0v) is 12.6. The first-order valence-electron chi connectivity index (χ1n) is 7.01. The van der Waals surface area contributed by atoms with Crippen LogP contribution in [0.25, 0.3) is 0 Å². The van der Waals surface area contributed by atoms with Crippen molar-refractivity contribution in [2.45, 2.75) is 19.1 Å². The maximum absolute atomic E-state index is 10.6. The molecule has 0 aliphatic rings. The van der Waals surface area contributed by atoms with Crippen LogP contribution >= 0.6 is 0 Å². The molecule has 0 bridgehead atoms. The SMILES string of the molecule is COc1ccc(Cn2cnc(C(C)(O)c3ccco3)c2)cc1. The molecule has 5 heteroatoms. The van der Waals surface area contributed by atoms with Crippen molar-refractivity contribution in [3.05, 3.63) is 72.2 Å². The summed E-state index contributed by atoms with van der Waals surface area (Å²) in [7, 11) is 1.65. The number of hydrogen-bond donors (Lipinski definition) is 1. The van der Waals surface area contributed by atoms with Crippen molar-refractivity contribution >= 4 is 0 Å². The third-order valence-corrected chi connectivity index (χ3v) is 3.66. The Kier molecular flexibility index (Phi) is 3.73. The van der Waals surface area contributed by atoms with Crippen LogP contribution in [0.15, 0.2) is 59.6 Å². The van der Waals surface area contributed by atoms with E-state index in [0.717, 1.165) is 11.3 Å². The average molecular weight is 298 g/mol. The van der Waals surface area contributed by atoms with Gasteiger partial charge in [0, 0.05) is 12.7 Å². The molecule has 1 atom stereocenters. The van der Waals surface area contributed by atoms with E-state index in [1.807, 2.05) is 35.0 Å². The van der Waals surface area contributed by atoms with Crippen molar-refractivity contribution < 1.29 is 14.3 Å². The molecule has 114 valence electrons. The zero-order chi connectivity index (χ0) is 15.6. The Hall–Kier alpha value is -2.53. The second-order valence-corrected chi connectivity index (χ2v) is 5.33. The maximum Gasteiger partial charge on any atom is 0.162 e. The van der Waals surface area contributed by atoms with Crippen molar-refractivity contribution in [1.82, 2.24) is 9.55 Å². The highest BCUT2D eigenvalue weighted by atomic mass is 16.5. The smallest absolute Gasteiger partial charge is 0.162 e. The van der Waals surface area contributed by atoms with Gasteiger partial charge in [0.05, 0.1) is 25.4 Å². The molecule has 0 fully saturated rings. The lowest BCUT2D eigenvalue weighted by Gasteiger charge is -2.17. The van der Waals surface area contributed by atoms with Gasteiger partial charge in [-0.3, -0.25) is 0 Å². The standard InChI is InChI=1S/C17H18N2O3/c1-17(20,16-4-3-9-22-16)15-11-19(12-18-15)10-13-5-7-14(21-2)8-6-13/h3-9,11-12,20H,10H2,1-2H3.